The molecule has 0 amide bonds. The maximum atomic E-state index is 12.5. The average Bonchev–Trinajstić information content (AvgIpc) is 2.46. The monoisotopic (exact) mass is 392 g/mol. The number of alkyl halides is 3. The van der Waals surface area contributed by atoms with Crippen LogP contribution >= 0.6 is 23.0 Å². The van der Waals surface area contributed by atoms with Crippen LogP contribution < -0.4 is 3.07 Å². The molecule has 106 valence electrons. The van der Waals surface area contributed by atoms with Crippen molar-refractivity contribution in [1.29, 1.82) is 0 Å². The highest BCUT2D eigenvalue weighted by molar-refractivity contribution is 14.1. The number of benzene rings is 2. The van der Waals surface area contributed by atoms with E-state index in [0.717, 1.165) is 29.0 Å². The first-order valence-electron chi connectivity index (χ1n) is 5.97. The molecule has 2 aromatic carbocycles. The Hall–Kier alpha value is -1.24. The summed E-state index contributed by atoms with van der Waals surface area (Å²) in [5.74, 6) is 0.773. The van der Waals surface area contributed by atoms with Crippen molar-refractivity contribution in [3.8, 4) is 5.75 Å². The molecule has 0 bridgehead atoms. The maximum Gasteiger partial charge on any atom is 0.416 e. The topological polar surface area (TPSA) is 9.23 Å². The Balaban J connectivity index is 2.22. The summed E-state index contributed by atoms with van der Waals surface area (Å²) >= 11 is 1.80. The van der Waals surface area contributed by atoms with Crippen LogP contribution in [0.2, 0.25) is 0 Å². The lowest BCUT2D eigenvalue weighted by Crippen LogP contribution is -2.05. The Bertz CT molecular complexity index is 561. The van der Waals surface area contributed by atoms with Gasteiger partial charge in [-0.1, -0.05) is 31.2 Å². The van der Waals surface area contributed by atoms with Gasteiger partial charge in [0, 0.05) is 5.92 Å². The second kappa shape index (κ2) is 6.03. The molecule has 0 spiro atoms. The normalized spacial score (nSPS) is 13.1. The predicted molar refractivity (Wildman–Crippen MR) is 80.1 cm³/mol. The zero-order valence-electron chi connectivity index (χ0n) is 10.6. The summed E-state index contributed by atoms with van der Waals surface area (Å²) in [5, 5.41) is 0. The fourth-order valence-electron chi connectivity index (χ4n) is 1.96. The van der Waals surface area contributed by atoms with Crippen LogP contribution in [0.1, 0.15) is 29.5 Å². The molecule has 1 atom stereocenters. The molecule has 2 rings (SSSR count). The van der Waals surface area contributed by atoms with Crippen molar-refractivity contribution in [2.45, 2.75) is 19.0 Å². The summed E-state index contributed by atoms with van der Waals surface area (Å²) in [6, 6.07) is 12.8. The van der Waals surface area contributed by atoms with Gasteiger partial charge < -0.3 is 3.07 Å². The van der Waals surface area contributed by atoms with E-state index in [0.29, 0.717) is 0 Å². The Labute approximate surface area is 129 Å². The van der Waals surface area contributed by atoms with Gasteiger partial charge in [-0.15, -0.1) is 0 Å². The first-order chi connectivity index (χ1) is 9.41. The Morgan fingerprint density at radius 2 is 1.35 bits per heavy atom. The van der Waals surface area contributed by atoms with Crippen molar-refractivity contribution in [3.05, 3.63) is 65.2 Å². The molecule has 0 heterocycles. The fourth-order valence-corrected chi connectivity index (χ4v) is 2.25. The summed E-state index contributed by atoms with van der Waals surface area (Å²) < 4.78 is 42.6. The highest BCUT2D eigenvalue weighted by atomic mass is 127. The molecule has 20 heavy (non-hydrogen) atoms. The van der Waals surface area contributed by atoms with Gasteiger partial charge in [0.2, 0.25) is 0 Å². The van der Waals surface area contributed by atoms with Gasteiger partial charge in [0.25, 0.3) is 0 Å². The van der Waals surface area contributed by atoms with Crippen molar-refractivity contribution in [2.24, 2.45) is 0 Å². The molecule has 0 aliphatic rings. The average molecular weight is 392 g/mol. The van der Waals surface area contributed by atoms with Gasteiger partial charge >= 0.3 is 6.18 Å². The predicted octanol–water partition coefficient (Wildman–Crippen LogP) is 5.59. The summed E-state index contributed by atoms with van der Waals surface area (Å²) in [7, 11) is 0. The van der Waals surface area contributed by atoms with Crippen LogP contribution in [-0.2, 0) is 6.18 Å². The third kappa shape index (κ3) is 3.45. The SMILES string of the molecule is CC(c1ccc(OI)cc1)c1ccc(C(F)(F)F)cc1. The minimum absolute atomic E-state index is 0.0283. The zero-order chi connectivity index (χ0) is 14.8. The molecule has 0 saturated heterocycles. The summed E-state index contributed by atoms with van der Waals surface area (Å²) in [6.07, 6.45) is -4.29. The molecule has 1 nitrogen and oxygen atoms in total. The van der Waals surface area contributed by atoms with E-state index in [4.69, 9.17) is 3.07 Å². The lowest BCUT2D eigenvalue weighted by atomic mass is 9.92. The summed E-state index contributed by atoms with van der Waals surface area (Å²) in [6.45, 7) is 1.96. The molecule has 0 aliphatic carbocycles. The summed E-state index contributed by atoms with van der Waals surface area (Å²) in [4.78, 5) is 0. The third-order valence-corrected chi connectivity index (χ3v) is 3.72. The third-order valence-electron chi connectivity index (χ3n) is 3.21. The van der Waals surface area contributed by atoms with E-state index in [9.17, 15) is 13.2 Å². The second-order valence-electron chi connectivity index (χ2n) is 4.49. The van der Waals surface area contributed by atoms with Crippen LogP contribution in [0.5, 0.6) is 5.75 Å². The van der Waals surface area contributed by atoms with Gasteiger partial charge in [0.05, 0.1) is 5.56 Å². The van der Waals surface area contributed by atoms with Crippen molar-refractivity contribution >= 4 is 23.0 Å². The smallest absolute Gasteiger partial charge is 0.416 e. The molecular weight excluding hydrogens is 380 g/mol. The van der Waals surface area contributed by atoms with Gasteiger partial charge in [0.15, 0.2) is 23.0 Å². The zero-order valence-corrected chi connectivity index (χ0v) is 12.8. The first kappa shape index (κ1) is 15.2. The Kier molecular flexibility index (Phi) is 4.57. The van der Waals surface area contributed by atoms with Gasteiger partial charge in [-0.2, -0.15) is 13.2 Å². The Morgan fingerprint density at radius 3 is 1.75 bits per heavy atom. The number of rotatable bonds is 3. The van der Waals surface area contributed by atoms with Crippen LogP contribution in [-0.4, -0.2) is 0 Å². The van der Waals surface area contributed by atoms with Crippen molar-refractivity contribution in [3.63, 3.8) is 0 Å². The van der Waals surface area contributed by atoms with Gasteiger partial charge in [-0.3, -0.25) is 0 Å². The minimum Gasteiger partial charge on any atom is -0.428 e. The first-order valence-corrected chi connectivity index (χ1v) is 6.85. The maximum absolute atomic E-state index is 12.5. The van der Waals surface area contributed by atoms with E-state index >= 15 is 0 Å². The van der Waals surface area contributed by atoms with E-state index < -0.39 is 11.7 Å². The highest BCUT2D eigenvalue weighted by Crippen LogP contribution is 2.32. The standard InChI is InChI=1S/C15H12F3IO/c1-10(12-4-8-14(20-19)9-5-12)11-2-6-13(7-3-11)15(16,17)18/h2-10H,1H3. The molecule has 0 N–H and O–H groups in total. The van der Waals surface area contributed by atoms with Gasteiger partial charge in [-0.25, -0.2) is 0 Å². The van der Waals surface area contributed by atoms with Crippen LogP contribution in [0.4, 0.5) is 13.2 Å². The van der Waals surface area contributed by atoms with E-state index in [1.54, 1.807) is 23.0 Å². The van der Waals surface area contributed by atoms with Crippen molar-refractivity contribution in [1.82, 2.24) is 0 Å². The van der Waals surface area contributed by atoms with Crippen molar-refractivity contribution in [2.75, 3.05) is 0 Å². The summed E-state index contributed by atoms with van der Waals surface area (Å²) in [5.41, 5.74) is 1.25. The Morgan fingerprint density at radius 1 is 0.900 bits per heavy atom. The molecular formula is C15H12F3IO. The van der Waals surface area contributed by atoms with Crippen LogP contribution in [0, 0.1) is 0 Å². The van der Waals surface area contributed by atoms with Crippen LogP contribution in [0.15, 0.2) is 48.5 Å². The number of halogens is 4. The van der Waals surface area contributed by atoms with E-state index in [2.05, 4.69) is 0 Å². The fraction of sp³-hybridized carbons (Fsp3) is 0.200. The van der Waals surface area contributed by atoms with Crippen LogP contribution in [0.3, 0.4) is 0 Å². The molecule has 5 heteroatoms. The van der Waals surface area contributed by atoms with Crippen molar-refractivity contribution < 1.29 is 16.2 Å². The molecule has 0 radical (unpaired) electrons. The quantitative estimate of drug-likeness (QED) is 0.620. The molecule has 0 saturated carbocycles. The largest absolute Gasteiger partial charge is 0.428 e. The molecule has 0 aliphatic heterocycles. The molecule has 1 unspecified atom stereocenters. The number of hydrogen-bond donors (Lipinski definition) is 0. The second-order valence-corrected chi connectivity index (χ2v) is 4.93. The van der Waals surface area contributed by atoms with Crippen LogP contribution in [0.25, 0.3) is 0 Å². The lowest BCUT2D eigenvalue weighted by molar-refractivity contribution is -0.137. The van der Waals surface area contributed by atoms with Gasteiger partial charge in [0.1, 0.15) is 5.75 Å². The molecule has 0 aromatic heterocycles. The minimum atomic E-state index is -4.29. The van der Waals surface area contributed by atoms with Gasteiger partial charge in [-0.05, 0) is 35.4 Å². The lowest BCUT2D eigenvalue weighted by Gasteiger charge is -2.14. The van der Waals surface area contributed by atoms with E-state index in [1.807, 2.05) is 31.2 Å². The molecule has 0 fully saturated rings. The highest BCUT2D eigenvalue weighted by Gasteiger charge is 2.30. The number of hydrogen-bond acceptors (Lipinski definition) is 1. The van der Waals surface area contributed by atoms with E-state index in [1.165, 1.54) is 12.1 Å². The van der Waals surface area contributed by atoms with E-state index in [-0.39, 0.29) is 5.92 Å². The molecule has 2 aromatic rings.